The molecule has 2 fully saturated rings. The standard InChI is InChI=1S/C20H27N3O2/c1-14(19(25)23-10-8-20(6-7-20)9-11-23)22-18(24)16-12-15-4-2-3-5-17(15)21-13-16/h12-14H,2-11H2,1H3,(H,22,24)/t14-/m1/s1. The molecule has 2 amide bonds. The lowest BCUT2D eigenvalue weighted by Gasteiger charge is -2.33. The maximum Gasteiger partial charge on any atom is 0.253 e. The summed E-state index contributed by atoms with van der Waals surface area (Å²) in [7, 11) is 0. The molecule has 5 heteroatoms. The lowest BCUT2D eigenvalue weighted by Crippen LogP contribution is -2.49. The summed E-state index contributed by atoms with van der Waals surface area (Å²) in [5.41, 5.74) is 3.42. The molecule has 0 radical (unpaired) electrons. The fourth-order valence-corrected chi connectivity index (χ4v) is 4.21. The van der Waals surface area contributed by atoms with E-state index >= 15 is 0 Å². The molecule has 0 unspecified atom stereocenters. The molecule has 2 heterocycles. The number of rotatable bonds is 3. The topological polar surface area (TPSA) is 62.3 Å². The molecular weight excluding hydrogens is 314 g/mol. The van der Waals surface area contributed by atoms with E-state index in [0.717, 1.165) is 50.9 Å². The SMILES string of the molecule is C[C@@H](NC(=O)c1cnc2c(c1)CCCC2)C(=O)N1CCC2(CC1)CC2. The van der Waals surface area contributed by atoms with Gasteiger partial charge < -0.3 is 10.2 Å². The van der Waals surface area contributed by atoms with Crippen molar-refractivity contribution in [3.05, 3.63) is 29.1 Å². The van der Waals surface area contributed by atoms with Gasteiger partial charge in [-0.3, -0.25) is 14.6 Å². The largest absolute Gasteiger partial charge is 0.341 e. The second kappa shape index (κ2) is 6.43. The molecule has 5 nitrogen and oxygen atoms in total. The van der Waals surface area contributed by atoms with Crippen molar-refractivity contribution in [2.24, 2.45) is 5.41 Å². The van der Waals surface area contributed by atoms with Gasteiger partial charge in [0.15, 0.2) is 0 Å². The van der Waals surface area contributed by atoms with Crippen LogP contribution in [-0.4, -0.2) is 40.8 Å². The van der Waals surface area contributed by atoms with Crippen molar-refractivity contribution in [1.82, 2.24) is 15.2 Å². The monoisotopic (exact) mass is 341 g/mol. The van der Waals surface area contributed by atoms with Crippen LogP contribution in [0.3, 0.4) is 0 Å². The minimum Gasteiger partial charge on any atom is -0.341 e. The van der Waals surface area contributed by atoms with Gasteiger partial charge >= 0.3 is 0 Å². The summed E-state index contributed by atoms with van der Waals surface area (Å²) in [4.78, 5) is 31.5. The van der Waals surface area contributed by atoms with Crippen LogP contribution < -0.4 is 5.32 Å². The molecule has 2 aliphatic carbocycles. The first kappa shape index (κ1) is 16.6. The van der Waals surface area contributed by atoms with Gasteiger partial charge in [0.25, 0.3) is 5.91 Å². The maximum atomic E-state index is 12.6. The van der Waals surface area contributed by atoms with Gasteiger partial charge in [-0.15, -0.1) is 0 Å². The number of likely N-dealkylation sites (tertiary alicyclic amines) is 1. The first-order valence-electron chi connectivity index (χ1n) is 9.64. The summed E-state index contributed by atoms with van der Waals surface area (Å²) >= 11 is 0. The number of carbonyl (C=O) groups is 2. The Morgan fingerprint density at radius 2 is 1.88 bits per heavy atom. The summed E-state index contributed by atoms with van der Waals surface area (Å²) in [5.74, 6) is -0.160. The Labute approximate surface area is 149 Å². The number of nitrogens with zero attached hydrogens (tertiary/aromatic N) is 2. The van der Waals surface area contributed by atoms with Gasteiger partial charge in [-0.25, -0.2) is 0 Å². The van der Waals surface area contributed by atoms with Crippen molar-refractivity contribution in [3.8, 4) is 0 Å². The molecule has 1 saturated carbocycles. The van der Waals surface area contributed by atoms with E-state index < -0.39 is 6.04 Å². The highest BCUT2D eigenvalue weighted by Crippen LogP contribution is 2.53. The number of amides is 2. The Hall–Kier alpha value is -1.91. The van der Waals surface area contributed by atoms with Crippen molar-refractivity contribution in [2.75, 3.05) is 13.1 Å². The highest BCUT2D eigenvalue weighted by molar-refractivity contribution is 5.97. The predicted molar refractivity (Wildman–Crippen MR) is 95.3 cm³/mol. The Kier molecular flexibility index (Phi) is 4.26. The van der Waals surface area contributed by atoms with Gasteiger partial charge in [0.2, 0.25) is 5.91 Å². The molecule has 25 heavy (non-hydrogen) atoms. The molecule has 1 saturated heterocycles. The Morgan fingerprint density at radius 3 is 2.60 bits per heavy atom. The number of hydrogen-bond donors (Lipinski definition) is 1. The van der Waals surface area contributed by atoms with Crippen LogP contribution in [0.15, 0.2) is 12.3 Å². The van der Waals surface area contributed by atoms with Crippen LogP contribution in [0.4, 0.5) is 0 Å². The summed E-state index contributed by atoms with van der Waals surface area (Å²) in [6.07, 6.45) is 10.9. The van der Waals surface area contributed by atoms with Gasteiger partial charge in [0, 0.05) is 25.0 Å². The number of fused-ring (bicyclic) bond motifs is 1. The molecule has 4 rings (SSSR count). The van der Waals surface area contributed by atoms with E-state index in [1.165, 1.54) is 24.8 Å². The van der Waals surface area contributed by atoms with E-state index in [4.69, 9.17) is 0 Å². The third-order valence-electron chi connectivity index (χ3n) is 6.24. The number of piperidine rings is 1. The summed E-state index contributed by atoms with van der Waals surface area (Å²) in [5, 5.41) is 2.87. The van der Waals surface area contributed by atoms with Crippen molar-refractivity contribution in [3.63, 3.8) is 0 Å². The second-order valence-electron chi connectivity index (χ2n) is 8.06. The third kappa shape index (κ3) is 3.42. The quantitative estimate of drug-likeness (QED) is 0.919. The van der Waals surface area contributed by atoms with Crippen molar-refractivity contribution in [2.45, 2.75) is 64.3 Å². The van der Waals surface area contributed by atoms with E-state index in [1.54, 1.807) is 13.1 Å². The number of nitrogens with one attached hydrogen (secondary N) is 1. The van der Waals surface area contributed by atoms with Crippen LogP contribution in [0.25, 0.3) is 0 Å². The third-order valence-corrected chi connectivity index (χ3v) is 6.24. The molecule has 0 aromatic carbocycles. The summed E-state index contributed by atoms with van der Waals surface area (Å²) < 4.78 is 0. The minimum absolute atomic E-state index is 0.0368. The van der Waals surface area contributed by atoms with E-state index in [1.807, 2.05) is 11.0 Å². The predicted octanol–water partition coefficient (Wildman–Crippen LogP) is 2.48. The average molecular weight is 341 g/mol. The van der Waals surface area contributed by atoms with E-state index in [0.29, 0.717) is 11.0 Å². The van der Waals surface area contributed by atoms with Gasteiger partial charge in [0.05, 0.1) is 5.56 Å². The molecule has 3 aliphatic rings. The van der Waals surface area contributed by atoms with Crippen LogP contribution in [0.5, 0.6) is 0 Å². The Bertz CT molecular complexity index is 686. The van der Waals surface area contributed by atoms with E-state index in [9.17, 15) is 9.59 Å². The van der Waals surface area contributed by atoms with Crippen LogP contribution >= 0.6 is 0 Å². The fourth-order valence-electron chi connectivity index (χ4n) is 4.21. The highest BCUT2D eigenvalue weighted by atomic mass is 16.2. The highest BCUT2D eigenvalue weighted by Gasteiger charge is 2.45. The van der Waals surface area contributed by atoms with Gasteiger partial charge in [-0.2, -0.15) is 0 Å². The molecule has 1 N–H and O–H groups in total. The van der Waals surface area contributed by atoms with Gasteiger partial charge in [-0.05, 0) is 75.3 Å². The Balaban J connectivity index is 1.36. The molecule has 1 atom stereocenters. The molecule has 1 aromatic heterocycles. The second-order valence-corrected chi connectivity index (χ2v) is 8.06. The number of hydrogen-bond acceptors (Lipinski definition) is 3. The lowest BCUT2D eigenvalue weighted by atomic mass is 9.93. The zero-order chi connectivity index (χ0) is 17.4. The first-order chi connectivity index (χ1) is 12.1. The molecule has 1 aliphatic heterocycles. The van der Waals surface area contributed by atoms with Crippen LogP contribution in [0.2, 0.25) is 0 Å². The van der Waals surface area contributed by atoms with Gasteiger partial charge in [0.1, 0.15) is 6.04 Å². The molecule has 1 aromatic rings. The van der Waals surface area contributed by atoms with Crippen molar-refractivity contribution >= 4 is 11.8 Å². The van der Waals surface area contributed by atoms with Crippen LogP contribution in [0, 0.1) is 5.41 Å². The Morgan fingerprint density at radius 1 is 1.16 bits per heavy atom. The fraction of sp³-hybridized carbons (Fsp3) is 0.650. The first-order valence-corrected chi connectivity index (χ1v) is 9.64. The molecule has 1 spiro atoms. The van der Waals surface area contributed by atoms with Gasteiger partial charge in [-0.1, -0.05) is 0 Å². The zero-order valence-corrected chi connectivity index (χ0v) is 15.0. The smallest absolute Gasteiger partial charge is 0.253 e. The number of carbonyl (C=O) groups excluding carboxylic acids is 2. The summed E-state index contributed by atoms with van der Waals surface area (Å²) in [6, 6.07) is 1.46. The number of aromatic nitrogens is 1. The lowest BCUT2D eigenvalue weighted by molar-refractivity contribution is -0.134. The average Bonchev–Trinajstić information content (AvgIpc) is 3.40. The van der Waals surface area contributed by atoms with Crippen molar-refractivity contribution in [1.29, 1.82) is 0 Å². The van der Waals surface area contributed by atoms with Crippen LogP contribution in [-0.2, 0) is 17.6 Å². The van der Waals surface area contributed by atoms with E-state index in [-0.39, 0.29) is 11.8 Å². The molecule has 0 bridgehead atoms. The number of aryl methyl sites for hydroxylation is 2. The van der Waals surface area contributed by atoms with E-state index in [2.05, 4.69) is 10.3 Å². The normalized spacial score (nSPS) is 22.2. The molecule has 134 valence electrons. The van der Waals surface area contributed by atoms with Crippen LogP contribution in [0.1, 0.15) is 67.1 Å². The maximum absolute atomic E-state index is 12.6. The number of pyridine rings is 1. The molecular formula is C20H27N3O2. The zero-order valence-electron chi connectivity index (χ0n) is 15.0. The van der Waals surface area contributed by atoms with Crippen molar-refractivity contribution < 1.29 is 9.59 Å². The summed E-state index contributed by atoms with van der Waals surface area (Å²) in [6.45, 7) is 3.45. The minimum atomic E-state index is -0.489.